The third-order valence-corrected chi connectivity index (χ3v) is 6.51. The second kappa shape index (κ2) is 9.75. The molecule has 2 amide bonds. The fraction of sp³-hybridized carbons (Fsp3) is 0.682. The Morgan fingerprint density at radius 3 is 2.43 bits per heavy atom. The van der Waals surface area contributed by atoms with Crippen LogP contribution in [0.4, 0.5) is 5.82 Å². The molecular weight excluding hydrogens is 380 g/mol. The SMILES string of the molecule is C[C@@H](C(=O)NC1CC1)N1CCN(CCC(=O)N2CCN(c3ccccn3)CC2)CC1. The van der Waals surface area contributed by atoms with Gasteiger partial charge in [0.25, 0.3) is 0 Å². The fourth-order valence-corrected chi connectivity index (χ4v) is 4.23. The molecule has 164 valence electrons. The van der Waals surface area contributed by atoms with Gasteiger partial charge in [-0.3, -0.25) is 14.5 Å². The average molecular weight is 415 g/mol. The molecule has 2 aliphatic heterocycles. The van der Waals surface area contributed by atoms with Crippen LogP contribution in [0.25, 0.3) is 0 Å². The van der Waals surface area contributed by atoms with E-state index >= 15 is 0 Å². The number of aromatic nitrogens is 1. The van der Waals surface area contributed by atoms with E-state index in [-0.39, 0.29) is 17.9 Å². The highest BCUT2D eigenvalue weighted by atomic mass is 16.2. The lowest BCUT2D eigenvalue weighted by Gasteiger charge is -2.38. The molecule has 0 aromatic carbocycles. The third kappa shape index (κ3) is 5.49. The van der Waals surface area contributed by atoms with Gasteiger partial charge in [0.1, 0.15) is 5.82 Å². The van der Waals surface area contributed by atoms with E-state index in [9.17, 15) is 9.59 Å². The predicted molar refractivity (Wildman–Crippen MR) is 116 cm³/mol. The van der Waals surface area contributed by atoms with E-state index in [2.05, 4.69) is 25.0 Å². The Labute approximate surface area is 179 Å². The number of amides is 2. The Morgan fingerprint density at radius 2 is 1.80 bits per heavy atom. The molecule has 1 N–H and O–H groups in total. The Bertz CT molecular complexity index is 710. The summed E-state index contributed by atoms with van der Waals surface area (Å²) in [4.78, 5) is 38.1. The molecule has 8 nitrogen and oxygen atoms in total. The van der Waals surface area contributed by atoms with Crippen LogP contribution in [-0.4, -0.2) is 102 Å². The minimum absolute atomic E-state index is 0.0650. The van der Waals surface area contributed by atoms with Crippen molar-refractivity contribution in [2.24, 2.45) is 0 Å². The molecule has 1 saturated carbocycles. The number of hydrogen-bond acceptors (Lipinski definition) is 6. The fourth-order valence-electron chi connectivity index (χ4n) is 4.23. The Hall–Kier alpha value is -2.19. The van der Waals surface area contributed by atoms with Crippen LogP contribution in [0.15, 0.2) is 24.4 Å². The van der Waals surface area contributed by atoms with Gasteiger partial charge in [0, 0.05) is 77.6 Å². The Balaban J connectivity index is 1.13. The zero-order valence-corrected chi connectivity index (χ0v) is 18.0. The standard InChI is InChI=1S/C22H34N6O2/c1-18(22(30)24-19-5-6-19)26-12-10-25(11-13-26)9-7-21(29)28-16-14-27(15-17-28)20-4-2-3-8-23-20/h2-4,8,18-19H,5-7,9-17H2,1H3,(H,24,30)/t18-/m0/s1. The molecule has 0 unspecified atom stereocenters. The van der Waals surface area contributed by atoms with Crippen LogP contribution in [0.5, 0.6) is 0 Å². The second-order valence-electron chi connectivity index (χ2n) is 8.64. The highest BCUT2D eigenvalue weighted by Crippen LogP contribution is 2.19. The van der Waals surface area contributed by atoms with E-state index in [1.165, 1.54) is 0 Å². The van der Waals surface area contributed by atoms with Gasteiger partial charge in [-0.05, 0) is 31.9 Å². The van der Waals surface area contributed by atoms with Crippen LogP contribution in [0, 0.1) is 0 Å². The molecule has 2 saturated heterocycles. The summed E-state index contributed by atoms with van der Waals surface area (Å²) in [5.74, 6) is 1.39. The maximum atomic E-state index is 12.7. The number of nitrogens with one attached hydrogen (secondary N) is 1. The van der Waals surface area contributed by atoms with Crippen LogP contribution in [0.1, 0.15) is 26.2 Å². The molecular formula is C22H34N6O2. The quantitative estimate of drug-likeness (QED) is 0.697. The first-order chi connectivity index (χ1) is 14.6. The van der Waals surface area contributed by atoms with Crippen molar-refractivity contribution in [2.45, 2.75) is 38.3 Å². The molecule has 3 heterocycles. The molecule has 4 rings (SSSR count). The van der Waals surface area contributed by atoms with E-state index < -0.39 is 0 Å². The summed E-state index contributed by atoms with van der Waals surface area (Å²) in [6.45, 7) is 9.60. The molecule has 1 aliphatic carbocycles. The first kappa shape index (κ1) is 21.1. The zero-order chi connectivity index (χ0) is 20.9. The van der Waals surface area contributed by atoms with E-state index in [4.69, 9.17) is 0 Å². The molecule has 8 heteroatoms. The molecule has 3 fully saturated rings. The molecule has 0 spiro atoms. The number of rotatable bonds is 7. The van der Waals surface area contributed by atoms with E-state index in [0.717, 1.165) is 77.6 Å². The third-order valence-electron chi connectivity index (χ3n) is 6.51. The lowest BCUT2D eigenvalue weighted by atomic mass is 10.2. The Morgan fingerprint density at radius 1 is 1.07 bits per heavy atom. The van der Waals surface area contributed by atoms with Gasteiger partial charge in [-0.1, -0.05) is 6.07 Å². The minimum Gasteiger partial charge on any atom is -0.353 e. The molecule has 3 aliphatic rings. The van der Waals surface area contributed by atoms with Crippen molar-refractivity contribution in [1.29, 1.82) is 0 Å². The van der Waals surface area contributed by atoms with Gasteiger partial charge < -0.3 is 20.0 Å². The lowest BCUT2D eigenvalue weighted by Crippen LogP contribution is -2.54. The van der Waals surface area contributed by atoms with Crippen LogP contribution < -0.4 is 10.2 Å². The summed E-state index contributed by atoms with van der Waals surface area (Å²) in [7, 11) is 0. The summed E-state index contributed by atoms with van der Waals surface area (Å²) in [5.41, 5.74) is 0. The summed E-state index contributed by atoms with van der Waals surface area (Å²) in [5, 5.41) is 3.10. The molecule has 1 atom stereocenters. The van der Waals surface area contributed by atoms with Gasteiger partial charge >= 0.3 is 0 Å². The normalized spacial score (nSPS) is 22.0. The number of anilines is 1. The van der Waals surface area contributed by atoms with Gasteiger partial charge in [0.15, 0.2) is 0 Å². The van der Waals surface area contributed by atoms with Crippen molar-refractivity contribution < 1.29 is 9.59 Å². The van der Waals surface area contributed by atoms with Crippen LogP contribution in [0.3, 0.4) is 0 Å². The number of pyridine rings is 1. The van der Waals surface area contributed by atoms with Crippen LogP contribution in [-0.2, 0) is 9.59 Å². The monoisotopic (exact) mass is 414 g/mol. The van der Waals surface area contributed by atoms with Gasteiger partial charge in [0.2, 0.25) is 11.8 Å². The van der Waals surface area contributed by atoms with Gasteiger partial charge in [0.05, 0.1) is 6.04 Å². The van der Waals surface area contributed by atoms with Crippen LogP contribution in [0.2, 0.25) is 0 Å². The maximum absolute atomic E-state index is 12.7. The van der Waals surface area contributed by atoms with Crippen molar-refractivity contribution in [1.82, 2.24) is 25.0 Å². The zero-order valence-electron chi connectivity index (χ0n) is 18.0. The molecule has 1 aromatic heterocycles. The van der Waals surface area contributed by atoms with Gasteiger partial charge in [-0.2, -0.15) is 0 Å². The Kier molecular flexibility index (Phi) is 6.84. The van der Waals surface area contributed by atoms with Crippen molar-refractivity contribution in [3.8, 4) is 0 Å². The van der Waals surface area contributed by atoms with Crippen molar-refractivity contribution in [3.63, 3.8) is 0 Å². The first-order valence-electron chi connectivity index (χ1n) is 11.3. The number of carbonyl (C=O) groups excluding carboxylic acids is 2. The van der Waals surface area contributed by atoms with Crippen LogP contribution >= 0.6 is 0 Å². The van der Waals surface area contributed by atoms with Gasteiger partial charge in [-0.25, -0.2) is 4.98 Å². The summed E-state index contributed by atoms with van der Waals surface area (Å²) in [6.07, 6.45) is 4.63. The second-order valence-corrected chi connectivity index (χ2v) is 8.64. The molecule has 0 radical (unpaired) electrons. The summed E-state index contributed by atoms with van der Waals surface area (Å²) in [6, 6.07) is 6.29. The topological polar surface area (TPSA) is 72.0 Å². The average Bonchev–Trinajstić information content (AvgIpc) is 3.62. The molecule has 30 heavy (non-hydrogen) atoms. The van der Waals surface area contributed by atoms with E-state index in [1.807, 2.05) is 36.2 Å². The van der Waals surface area contributed by atoms with Crippen molar-refractivity contribution in [3.05, 3.63) is 24.4 Å². The highest BCUT2D eigenvalue weighted by Gasteiger charge is 2.30. The lowest BCUT2D eigenvalue weighted by molar-refractivity contribution is -0.131. The number of nitrogens with zero attached hydrogens (tertiary/aromatic N) is 5. The van der Waals surface area contributed by atoms with Crippen molar-refractivity contribution in [2.75, 3.05) is 63.8 Å². The number of carbonyl (C=O) groups is 2. The first-order valence-corrected chi connectivity index (χ1v) is 11.3. The molecule has 1 aromatic rings. The van der Waals surface area contributed by atoms with Gasteiger partial charge in [-0.15, -0.1) is 0 Å². The van der Waals surface area contributed by atoms with E-state index in [0.29, 0.717) is 12.5 Å². The largest absolute Gasteiger partial charge is 0.353 e. The summed E-state index contributed by atoms with van der Waals surface area (Å²) >= 11 is 0. The highest BCUT2D eigenvalue weighted by molar-refractivity contribution is 5.81. The maximum Gasteiger partial charge on any atom is 0.237 e. The molecule has 0 bridgehead atoms. The smallest absolute Gasteiger partial charge is 0.237 e. The summed E-state index contributed by atoms with van der Waals surface area (Å²) < 4.78 is 0. The van der Waals surface area contributed by atoms with E-state index in [1.54, 1.807) is 0 Å². The number of piperazine rings is 2. The number of hydrogen-bond donors (Lipinski definition) is 1. The van der Waals surface area contributed by atoms with Crippen molar-refractivity contribution >= 4 is 17.6 Å². The minimum atomic E-state index is -0.0650. The predicted octanol–water partition coefficient (Wildman–Crippen LogP) is 0.405.